The van der Waals surface area contributed by atoms with Gasteiger partial charge in [-0.1, -0.05) is 59.6 Å². The summed E-state index contributed by atoms with van der Waals surface area (Å²) in [6, 6.07) is 17.6. The van der Waals surface area contributed by atoms with E-state index in [4.69, 9.17) is 33.7 Å². The summed E-state index contributed by atoms with van der Waals surface area (Å²) in [6.07, 6.45) is 1.65. The first-order valence-corrected chi connectivity index (χ1v) is 9.94. The molecule has 4 rings (SSSR count). The van der Waals surface area contributed by atoms with Gasteiger partial charge < -0.3 is 10.5 Å². The Balaban J connectivity index is 1.53. The lowest BCUT2D eigenvalue weighted by Gasteiger charge is -2.12. The molecule has 0 unspecified atom stereocenters. The van der Waals surface area contributed by atoms with Crippen LogP contribution in [0.3, 0.4) is 0 Å². The second-order valence-corrected chi connectivity index (χ2v) is 8.03. The van der Waals surface area contributed by atoms with Gasteiger partial charge in [-0.2, -0.15) is 4.99 Å². The first-order valence-electron chi connectivity index (χ1n) is 8.37. The van der Waals surface area contributed by atoms with E-state index in [1.807, 2.05) is 18.2 Å². The Morgan fingerprint density at radius 1 is 1.04 bits per heavy atom. The van der Waals surface area contributed by atoms with Crippen LogP contribution in [0.5, 0.6) is 5.75 Å². The number of carbonyl (C=O) groups excluding carboxylic acids is 1. The maximum Gasteiger partial charge on any atom is 0.286 e. The number of benzene rings is 3. The number of hydrogen-bond acceptors (Lipinski definition) is 4. The average molecular weight is 429 g/mol. The monoisotopic (exact) mass is 428 g/mol. The molecule has 1 amide bonds. The summed E-state index contributed by atoms with van der Waals surface area (Å²) in [5.41, 5.74) is 7.25. The average Bonchev–Trinajstić information content (AvgIpc) is 2.97. The Hall–Kier alpha value is -2.47. The van der Waals surface area contributed by atoms with Gasteiger partial charge in [0.25, 0.3) is 5.91 Å². The number of amidine groups is 1. The minimum absolute atomic E-state index is 0.226. The molecule has 0 atom stereocenters. The summed E-state index contributed by atoms with van der Waals surface area (Å²) >= 11 is 13.8. The van der Waals surface area contributed by atoms with E-state index in [1.165, 1.54) is 5.39 Å². The highest BCUT2D eigenvalue weighted by Gasteiger charge is 2.20. The molecule has 4 nitrogen and oxygen atoms in total. The Labute approximate surface area is 176 Å². The molecule has 3 aromatic carbocycles. The lowest BCUT2D eigenvalue weighted by Crippen LogP contribution is -2.01. The van der Waals surface area contributed by atoms with Gasteiger partial charge in [0, 0.05) is 0 Å². The Kier molecular flexibility index (Phi) is 5.31. The SMILES string of the molecule is NC1=NC(=O)C(=Cc2cc(Cl)c(OCc3ccc4ccccc4c3)c(Cl)c2)S1. The molecule has 0 saturated heterocycles. The zero-order chi connectivity index (χ0) is 19.7. The molecule has 0 saturated carbocycles. The lowest BCUT2D eigenvalue weighted by atomic mass is 10.1. The zero-order valence-corrected chi connectivity index (χ0v) is 16.8. The third-order valence-electron chi connectivity index (χ3n) is 4.15. The van der Waals surface area contributed by atoms with Crippen molar-refractivity contribution in [3.8, 4) is 5.75 Å². The van der Waals surface area contributed by atoms with E-state index in [0.29, 0.717) is 32.9 Å². The van der Waals surface area contributed by atoms with Crippen LogP contribution in [-0.2, 0) is 11.4 Å². The Bertz CT molecular complexity index is 1140. The van der Waals surface area contributed by atoms with E-state index < -0.39 is 0 Å². The molecule has 3 aromatic rings. The van der Waals surface area contributed by atoms with Gasteiger partial charge in [0.2, 0.25) is 0 Å². The topological polar surface area (TPSA) is 64.7 Å². The van der Waals surface area contributed by atoms with Crippen molar-refractivity contribution >= 4 is 62.9 Å². The molecule has 140 valence electrons. The van der Waals surface area contributed by atoms with E-state index in [1.54, 1.807) is 18.2 Å². The molecule has 7 heteroatoms. The summed E-state index contributed by atoms with van der Waals surface area (Å²) in [5.74, 6) is 0.0335. The van der Waals surface area contributed by atoms with Crippen LogP contribution in [0, 0.1) is 0 Å². The first-order chi connectivity index (χ1) is 13.5. The highest BCUT2D eigenvalue weighted by molar-refractivity contribution is 8.18. The van der Waals surface area contributed by atoms with Crippen molar-refractivity contribution in [3.63, 3.8) is 0 Å². The van der Waals surface area contributed by atoms with Crippen molar-refractivity contribution in [3.05, 3.63) is 80.7 Å². The third-order valence-corrected chi connectivity index (χ3v) is 5.53. The zero-order valence-electron chi connectivity index (χ0n) is 14.5. The first kappa shape index (κ1) is 18.9. The molecule has 28 heavy (non-hydrogen) atoms. The molecule has 1 heterocycles. The number of aliphatic imine (C=N–C) groups is 1. The number of thioether (sulfide) groups is 1. The van der Waals surface area contributed by atoms with Gasteiger partial charge in [0.1, 0.15) is 6.61 Å². The van der Waals surface area contributed by atoms with Crippen LogP contribution in [0.25, 0.3) is 16.8 Å². The van der Waals surface area contributed by atoms with Crippen molar-refractivity contribution in [2.75, 3.05) is 0 Å². The number of halogens is 2. The van der Waals surface area contributed by atoms with Gasteiger partial charge in [0.15, 0.2) is 10.9 Å². The molecule has 0 spiro atoms. The minimum atomic E-state index is -0.369. The van der Waals surface area contributed by atoms with E-state index in [9.17, 15) is 4.79 Å². The summed E-state index contributed by atoms with van der Waals surface area (Å²) < 4.78 is 5.87. The molecule has 0 aliphatic carbocycles. The second-order valence-electron chi connectivity index (χ2n) is 6.15. The standard InChI is InChI=1S/C21H14Cl2N2O2S/c22-16-8-13(10-18-20(26)25-21(24)28-18)9-17(23)19(16)27-11-12-5-6-14-3-1-2-4-15(14)7-12/h1-10H,11H2,(H2,24,25,26). The number of ether oxygens (including phenoxy) is 1. The third kappa shape index (κ3) is 4.02. The molecular weight excluding hydrogens is 415 g/mol. The Morgan fingerprint density at radius 3 is 2.43 bits per heavy atom. The molecule has 1 aliphatic heterocycles. The molecular formula is C21H14Cl2N2O2S. The van der Waals surface area contributed by atoms with Gasteiger partial charge in [0.05, 0.1) is 15.0 Å². The van der Waals surface area contributed by atoms with Crippen molar-refractivity contribution in [1.29, 1.82) is 0 Å². The van der Waals surface area contributed by atoms with Gasteiger partial charge in [-0.25, -0.2) is 0 Å². The van der Waals surface area contributed by atoms with Crippen molar-refractivity contribution in [2.45, 2.75) is 6.61 Å². The summed E-state index contributed by atoms with van der Waals surface area (Å²) in [7, 11) is 0. The fourth-order valence-electron chi connectivity index (χ4n) is 2.86. The highest BCUT2D eigenvalue weighted by Crippen LogP contribution is 2.36. The lowest BCUT2D eigenvalue weighted by molar-refractivity contribution is -0.113. The van der Waals surface area contributed by atoms with Crippen LogP contribution in [0.15, 0.2) is 64.5 Å². The smallest absolute Gasteiger partial charge is 0.286 e. The quantitative estimate of drug-likeness (QED) is 0.544. The van der Waals surface area contributed by atoms with Crippen LogP contribution in [-0.4, -0.2) is 11.1 Å². The maximum atomic E-state index is 11.7. The van der Waals surface area contributed by atoms with Crippen LogP contribution < -0.4 is 10.5 Å². The number of nitrogens with zero attached hydrogens (tertiary/aromatic N) is 1. The molecule has 1 aliphatic rings. The second kappa shape index (κ2) is 7.87. The van der Waals surface area contributed by atoms with Crippen molar-refractivity contribution in [2.24, 2.45) is 10.7 Å². The van der Waals surface area contributed by atoms with E-state index >= 15 is 0 Å². The minimum Gasteiger partial charge on any atom is -0.486 e. The number of rotatable bonds is 4. The predicted octanol–water partition coefficient (Wildman–Crippen LogP) is 5.65. The van der Waals surface area contributed by atoms with Crippen LogP contribution >= 0.6 is 35.0 Å². The van der Waals surface area contributed by atoms with E-state index in [2.05, 4.69) is 29.3 Å². The van der Waals surface area contributed by atoms with Gasteiger partial charge in [-0.05, 0) is 57.9 Å². The van der Waals surface area contributed by atoms with Gasteiger partial charge in [-0.15, -0.1) is 0 Å². The number of fused-ring (bicyclic) bond motifs is 1. The van der Waals surface area contributed by atoms with Crippen LogP contribution in [0.1, 0.15) is 11.1 Å². The molecule has 0 bridgehead atoms. The summed E-state index contributed by atoms with van der Waals surface area (Å²) in [5, 5.41) is 3.27. The van der Waals surface area contributed by atoms with Crippen LogP contribution in [0.2, 0.25) is 10.0 Å². The predicted molar refractivity (Wildman–Crippen MR) is 117 cm³/mol. The fourth-order valence-corrected chi connectivity index (χ4v) is 4.16. The molecule has 2 N–H and O–H groups in total. The molecule has 0 radical (unpaired) electrons. The maximum absolute atomic E-state index is 11.7. The normalized spacial score (nSPS) is 15.3. The number of carbonyl (C=O) groups is 1. The molecule has 0 aromatic heterocycles. The summed E-state index contributed by atoms with van der Waals surface area (Å²) in [6.45, 7) is 0.337. The van der Waals surface area contributed by atoms with E-state index in [0.717, 1.165) is 22.7 Å². The van der Waals surface area contributed by atoms with E-state index in [-0.39, 0.29) is 11.1 Å². The van der Waals surface area contributed by atoms with Crippen LogP contribution in [0.4, 0.5) is 0 Å². The number of nitrogens with two attached hydrogens (primary N) is 1. The number of amides is 1. The van der Waals surface area contributed by atoms with Gasteiger partial charge in [-0.3, -0.25) is 4.79 Å². The largest absolute Gasteiger partial charge is 0.486 e. The van der Waals surface area contributed by atoms with Crippen molar-refractivity contribution in [1.82, 2.24) is 0 Å². The summed E-state index contributed by atoms with van der Waals surface area (Å²) in [4.78, 5) is 15.8. The Morgan fingerprint density at radius 2 is 1.75 bits per heavy atom. The van der Waals surface area contributed by atoms with Gasteiger partial charge >= 0.3 is 0 Å². The van der Waals surface area contributed by atoms with Crippen molar-refractivity contribution < 1.29 is 9.53 Å². The molecule has 0 fully saturated rings. The number of hydrogen-bond donors (Lipinski definition) is 1. The highest BCUT2D eigenvalue weighted by atomic mass is 35.5. The fraction of sp³-hybridized carbons (Fsp3) is 0.0476.